The SMILES string of the molecule is CC(=O)c1cccc(S(=O)(=O)NCC(O)C(N)=O)c1. The summed E-state index contributed by atoms with van der Waals surface area (Å²) in [6.07, 6.45) is -1.61. The Hall–Kier alpha value is -1.77. The van der Waals surface area contributed by atoms with Gasteiger partial charge in [-0.25, -0.2) is 13.1 Å². The van der Waals surface area contributed by atoms with Gasteiger partial charge in [-0.05, 0) is 19.1 Å². The molecule has 0 saturated carbocycles. The first-order chi connectivity index (χ1) is 8.74. The molecule has 1 rings (SSSR count). The van der Waals surface area contributed by atoms with Crippen molar-refractivity contribution in [2.45, 2.75) is 17.9 Å². The van der Waals surface area contributed by atoms with Gasteiger partial charge in [-0.1, -0.05) is 12.1 Å². The predicted octanol–water partition coefficient (Wildman–Crippen LogP) is -0.986. The number of aliphatic hydroxyl groups excluding tert-OH is 1. The van der Waals surface area contributed by atoms with E-state index in [4.69, 9.17) is 10.8 Å². The standard InChI is InChI=1S/C11H14N2O5S/c1-7(14)8-3-2-4-9(5-8)19(17,18)13-6-10(15)11(12)16/h2-5,10,13,15H,6H2,1H3,(H2,12,16). The van der Waals surface area contributed by atoms with Gasteiger partial charge in [0.15, 0.2) is 5.78 Å². The van der Waals surface area contributed by atoms with Gasteiger partial charge in [0.05, 0.1) is 4.90 Å². The van der Waals surface area contributed by atoms with Crippen LogP contribution in [-0.4, -0.2) is 37.9 Å². The minimum Gasteiger partial charge on any atom is -0.382 e. The number of sulfonamides is 1. The topological polar surface area (TPSA) is 127 Å². The summed E-state index contributed by atoms with van der Waals surface area (Å²) < 4.78 is 25.7. The number of nitrogens with one attached hydrogen (secondary N) is 1. The number of amides is 1. The summed E-state index contributed by atoms with van der Waals surface area (Å²) in [5, 5.41) is 9.12. The molecule has 104 valence electrons. The lowest BCUT2D eigenvalue weighted by Gasteiger charge is -2.09. The first kappa shape index (κ1) is 15.3. The summed E-state index contributed by atoms with van der Waals surface area (Å²) >= 11 is 0. The fraction of sp³-hybridized carbons (Fsp3) is 0.273. The van der Waals surface area contributed by atoms with Crippen LogP contribution in [-0.2, 0) is 14.8 Å². The number of rotatable bonds is 6. The molecule has 1 aromatic carbocycles. The molecule has 0 radical (unpaired) electrons. The maximum Gasteiger partial charge on any atom is 0.247 e. The maximum absolute atomic E-state index is 11.8. The Balaban J connectivity index is 2.91. The Labute approximate surface area is 110 Å². The third-order valence-electron chi connectivity index (χ3n) is 2.35. The lowest BCUT2D eigenvalue weighted by Crippen LogP contribution is -2.39. The van der Waals surface area contributed by atoms with Gasteiger partial charge in [0, 0.05) is 12.1 Å². The predicted molar refractivity (Wildman–Crippen MR) is 66.8 cm³/mol. The van der Waals surface area contributed by atoms with Gasteiger partial charge in [0.1, 0.15) is 6.10 Å². The number of nitrogens with two attached hydrogens (primary N) is 1. The van der Waals surface area contributed by atoms with E-state index in [1.54, 1.807) is 0 Å². The number of aliphatic hydroxyl groups is 1. The van der Waals surface area contributed by atoms with E-state index in [0.29, 0.717) is 0 Å². The second-order valence-corrected chi connectivity index (χ2v) is 5.62. The fourth-order valence-electron chi connectivity index (χ4n) is 1.25. The molecule has 0 heterocycles. The number of carbonyl (C=O) groups is 2. The normalized spacial score (nSPS) is 12.9. The molecule has 1 amide bonds. The van der Waals surface area contributed by atoms with Crippen LogP contribution in [0.4, 0.5) is 0 Å². The molecule has 1 atom stereocenters. The van der Waals surface area contributed by atoms with Crippen molar-refractivity contribution in [2.24, 2.45) is 5.73 Å². The highest BCUT2D eigenvalue weighted by Gasteiger charge is 2.18. The molecule has 8 heteroatoms. The molecule has 7 nitrogen and oxygen atoms in total. The highest BCUT2D eigenvalue weighted by molar-refractivity contribution is 7.89. The number of Topliss-reactive ketones (excluding diaryl/α,β-unsaturated/α-hetero) is 1. The Morgan fingerprint density at radius 3 is 2.58 bits per heavy atom. The van der Waals surface area contributed by atoms with Crippen molar-refractivity contribution in [2.75, 3.05) is 6.54 Å². The van der Waals surface area contributed by atoms with Crippen LogP contribution in [0, 0.1) is 0 Å². The van der Waals surface area contributed by atoms with Crippen LogP contribution in [0.25, 0.3) is 0 Å². The third kappa shape index (κ3) is 4.12. The van der Waals surface area contributed by atoms with E-state index in [1.165, 1.54) is 31.2 Å². The molecule has 0 aliphatic carbocycles. The Morgan fingerprint density at radius 2 is 2.05 bits per heavy atom. The highest BCUT2D eigenvalue weighted by Crippen LogP contribution is 2.11. The summed E-state index contributed by atoms with van der Waals surface area (Å²) in [5.74, 6) is -1.30. The monoisotopic (exact) mass is 286 g/mol. The molecule has 0 aliphatic rings. The number of hydrogen-bond acceptors (Lipinski definition) is 5. The van der Waals surface area contributed by atoms with Crippen LogP contribution in [0.2, 0.25) is 0 Å². The van der Waals surface area contributed by atoms with Gasteiger partial charge >= 0.3 is 0 Å². The number of hydrogen-bond donors (Lipinski definition) is 3. The van der Waals surface area contributed by atoms with Crippen LogP contribution < -0.4 is 10.5 Å². The molecule has 1 unspecified atom stereocenters. The molecule has 4 N–H and O–H groups in total. The van der Waals surface area contributed by atoms with Gasteiger partial charge in [-0.2, -0.15) is 0 Å². The third-order valence-corrected chi connectivity index (χ3v) is 3.77. The van der Waals surface area contributed by atoms with Gasteiger partial charge in [-0.15, -0.1) is 0 Å². The zero-order chi connectivity index (χ0) is 14.6. The molecule has 0 saturated heterocycles. The van der Waals surface area contributed by atoms with Crippen molar-refractivity contribution in [1.29, 1.82) is 0 Å². The summed E-state index contributed by atoms with van der Waals surface area (Å²) in [4.78, 5) is 21.6. The minimum absolute atomic E-state index is 0.128. The average molecular weight is 286 g/mol. The smallest absolute Gasteiger partial charge is 0.247 e. The number of ketones is 1. The Kier molecular flexibility index (Phi) is 4.76. The molecule has 0 aromatic heterocycles. The van der Waals surface area contributed by atoms with Crippen molar-refractivity contribution in [3.05, 3.63) is 29.8 Å². The quantitative estimate of drug-likeness (QED) is 0.579. The largest absolute Gasteiger partial charge is 0.382 e. The van der Waals surface area contributed by atoms with Crippen molar-refractivity contribution in [1.82, 2.24) is 4.72 Å². The molecule has 19 heavy (non-hydrogen) atoms. The van der Waals surface area contributed by atoms with E-state index in [-0.39, 0.29) is 16.2 Å². The highest BCUT2D eigenvalue weighted by atomic mass is 32.2. The van der Waals surface area contributed by atoms with Crippen molar-refractivity contribution >= 4 is 21.7 Å². The summed E-state index contributed by atoms with van der Waals surface area (Å²) in [5.41, 5.74) is 5.05. The van der Waals surface area contributed by atoms with Crippen LogP contribution in [0.15, 0.2) is 29.2 Å². The minimum atomic E-state index is -3.91. The van der Waals surface area contributed by atoms with Crippen LogP contribution in [0.3, 0.4) is 0 Å². The summed E-state index contributed by atoms with van der Waals surface area (Å²) in [6.45, 7) is 0.790. The van der Waals surface area contributed by atoms with Gasteiger partial charge in [-0.3, -0.25) is 9.59 Å². The number of benzene rings is 1. The van der Waals surface area contributed by atoms with Crippen LogP contribution in [0.1, 0.15) is 17.3 Å². The van der Waals surface area contributed by atoms with Crippen LogP contribution in [0.5, 0.6) is 0 Å². The second-order valence-electron chi connectivity index (χ2n) is 3.85. The van der Waals surface area contributed by atoms with E-state index in [1.807, 2.05) is 4.72 Å². The van der Waals surface area contributed by atoms with Gasteiger partial charge in [0.25, 0.3) is 0 Å². The van der Waals surface area contributed by atoms with E-state index in [9.17, 15) is 18.0 Å². The zero-order valence-electron chi connectivity index (χ0n) is 10.2. The zero-order valence-corrected chi connectivity index (χ0v) is 11.0. The summed E-state index contributed by atoms with van der Waals surface area (Å²) in [6, 6.07) is 5.42. The number of carbonyl (C=O) groups excluding carboxylic acids is 2. The molecule has 0 spiro atoms. The van der Waals surface area contributed by atoms with Crippen LogP contribution >= 0.6 is 0 Å². The van der Waals surface area contributed by atoms with E-state index in [0.717, 1.165) is 0 Å². The maximum atomic E-state index is 11.8. The van der Waals surface area contributed by atoms with Gasteiger partial charge < -0.3 is 10.8 Å². The first-order valence-corrected chi connectivity index (χ1v) is 6.80. The molecular formula is C11H14N2O5S. The second kappa shape index (κ2) is 5.91. The van der Waals surface area contributed by atoms with E-state index >= 15 is 0 Å². The number of primary amides is 1. The lowest BCUT2D eigenvalue weighted by molar-refractivity contribution is -0.125. The molecule has 1 aromatic rings. The van der Waals surface area contributed by atoms with Crippen molar-refractivity contribution in [3.63, 3.8) is 0 Å². The van der Waals surface area contributed by atoms with Crippen molar-refractivity contribution < 1.29 is 23.1 Å². The lowest BCUT2D eigenvalue weighted by atomic mass is 10.2. The average Bonchev–Trinajstić information content (AvgIpc) is 2.36. The first-order valence-electron chi connectivity index (χ1n) is 5.32. The van der Waals surface area contributed by atoms with Gasteiger partial charge in [0.2, 0.25) is 15.9 Å². The van der Waals surface area contributed by atoms with E-state index in [2.05, 4.69) is 0 Å². The summed E-state index contributed by atoms with van der Waals surface area (Å²) in [7, 11) is -3.91. The molecule has 0 fully saturated rings. The molecular weight excluding hydrogens is 272 g/mol. The molecule has 0 bridgehead atoms. The van der Waals surface area contributed by atoms with Crippen molar-refractivity contribution in [3.8, 4) is 0 Å². The Bertz CT molecular complexity index is 597. The molecule has 0 aliphatic heterocycles. The van der Waals surface area contributed by atoms with E-state index < -0.39 is 28.6 Å². The Morgan fingerprint density at radius 1 is 1.42 bits per heavy atom. The fourth-order valence-corrected chi connectivity index (χ4v) is 2.34.